The van der Waals surface area contributed by atoms with Crippen molar-refractivity contribution >= 4 is 5.84 Å². The van der Waals surface area contributed by atoms with Crippen molar-refractivity contribution in [3.05, 3.63) is 0 Å². The van der Waals surface area contributed by atoms with Gasteiger partial charge in [0.25, 0.3) is 0 Å². The minimum Gasteiger partial charge on any atom is -0.409 e. The monoisotopic (exact) mass is 229 g/mol. The van der Waals surface area contributed by atoms with Gasteiger partial charge in [-0.15, -0.1) is 0 Å². The topological polar surface area (TPSA) is 70.6 Å². The molecule has 0 aliphatic rings. The minimum absolute atomic E-state index is 0.102. The Bertz CT molecular complexity index is 183. The Hall–Kier alpha value is -0.770. The highest BCUT2D eigenvalue weighted by Gasteiger charge is 2.05. The van der Waals surface area contributed by atoms with Crippen LogP contribution in [-0.4, -0.2) is 24.1 Å². The van der Waals surface area contributed by atoms with Gasteiger partial charge in [0.15, 0.2) is 0 Å². The van der Waals surface area contributed by atoms with Gasteiger partial charge < -0.3 is 16.3 Å². The Morgan fingerprint density at radius 2 is 1.88 bits per heavy atom. The molecule has 0 rings (SSSR count). The Balaban J connectivity index is 3.21. The number of unbranched alkanes of at least 4 members (excludes halogenated alkanes) is 5. The molecule has 0 heterocycles. The second-order valence-electron chi connectivity index (χ2n) is 4.40. The van der Waals surface area contributed by atoms with E-state index in [-0.39, 0.29) is 5.92 Å². The maximum absolute atomic E-state index is 8.46. The van der Waals surface area contributed by atoms with Crippen LogP contribution in [0, 0.1) is 5.92 Å². The summed E-state index contributed by atoms with van der Waals surface area (Å²) in [7, 11) is 0. The molecule has 1 unspecified atom stereocenters. The van der Waals surface area contributed by atoms with Crippen LogP contribution in [0.15, 0.2) is 5.16 Å². The maximum Gasteiger partial charge on any atom is 0.143 e. The molecule has 4 N–H and O–H groups in total. The third-order valence-electron chi connectivity index (χ3n) is 2.78. The summed E-state index contributed by atoms with van der Waals surface area (Å²) in [5.74, 6) is 0.403. The number of hydrogen-bond acceptors (Lipinski definition) is 3. The lowest BCUT2D eigenvalue weighted by Gasteiger charge is -2.10. The van der Waals surface area contributed by atoms with Crippen molar-refractivity contribution in [2.24, 2.45) is 16.8 Å². The van der Waals surface area contributed by atoms with Gasteiger partial charge in [-0.2, -0.15) is 0 Å². The molecule has 0 spiro atoms. The molecule has 96 valence electrons. The highest BCUT2D eigenvalue weighted by atomic mass is 16.4. The highest BCUT2D eigenvalue weighted by molar-refractivity contribution is 5.82. The van der Waals surface area contributed by atoms with Crippen LogP contribution in [0.4, 0.5) is 0 Å². The third kappa shape index (κ3) is 8.53. The zero-order chi connectivity index (χ0) is 12.2. The van der Waals surface area contributed by atoms with E-state index in [1.165, 1.54) is 38.5 Å². The van der Waals surface area contributed by atoms with E-state index in [1.54, 1.807) is 0 Å². The van der Waals surface area contributed by atoms with Crippen molar-refractivity contribution in [3.8, 4) is 0 Å². The van der Waals surface area contributed by atoms with Crippen LogP contribution in [-0.2, 0) is 0 Å². The number of oxime groups is 1. The Kier molecular flexibility index (Phi) is 10.2. The summed E-state index contributed by atoms with van der Waals surface area (Å²) in [5.41, 5.74) is 5.47. The van der Waals surface area contributed by atoms with Crippen molar-refractivity contribution in [3.63, 3.8) is 0 Å². The molecular formula is C12H27N3O. The lowest BCUT2D eigenvalue weighted by Crippen LogP contribution is -2.31. The van der Waals surface area contributed by atoms with Crippen LogP contribution in [0.25, 0.3) is 0 Å². The third-order valence-corrected chi connectivity index (χ3v) is 2.78. The van der Waals surface area contributed by atoms with Crippen LogP contribution in [0.5, 0.6) is 0 Å². The quantitative estimate of drug-likeness (QED) is 0.177. The van der Waals surface area contributed by atoms with Gasteiger partial charge in [0.2, 0.25) is 0 Å². The van der Waals surface area contributed by atoms with E-state index >= 15 is 0 Å². The first kappa shape index (κ1) is 15.2. The van der Waals surface area contributed by atoms with Gasteiger partial charge in [-0.1, -0.05) is 51.1 Å². The van der Waals surface area contributed by atoms with Crippen molar-refractivity contribution in [1.82, 2.24) is 5.32 Å². The van der Waals surface area contributed by atoms with Crippen LogP contribution in [0.3, 0.4) is 0 Å². The molecule has 0 amide bonds. The molecule has 4 heteroatoms. The van der Waals surface area contributed by atoms with Crippen LogP contribution >= 0.6 is 0 Å². The lowest BCUT2D eigenvalue weighted by molar-refractivity contribution is 0.314. The molecule has 0 saturated heterocycles. The fraction of sp³-hybridized carbons (Fsp3) is 0.917. The van der Waals surface area contributed by atoms with E-state index in [2.05, 4.69) is 17.4 Å². The molecule has 1 atom stereocenters. The summed E-state index contributed by atoms with van der Waals surface area (Å²) in [6.45, 7) is 5.99. The van der Waals surface area contributed by atoms with E-state index in [9.17, 15) is 0 Å². The maximum atomic E-state index is 8.46. The molecule has 0 aromatic rings. The van der Waals surface area contributed by atoms with Crippen molar-refractivity contribution in [1.29, 1.82) is 0 Å². The summed E-state index contributed by atoms with van der Waals surface area (Å²) in [5, 5.41) is 14.8. The van der Waals surface area contributed by atoms with Crippen LogP contribution < -0.4 is 11.1 Å². The van der Waals surface area contributed by atoms with Crippen molar-refractivity contribution in [2.75, 3.05) is 13.1 Å². The largest absolute Gasteiger partial charge is 0.409 e. The molecule has 16 heavy (non-hydrogen) atoms. The highest BCUT2D eigenvalue weighted by Crippen LogP contribution is 2.04. The Morgan fingerprint density at radius 3 is 2.50 bits per heavy atom. The number of hydrogen-bond donors (Lipinski definition) is 3. The smallest absolute Gasteiger partial charge is 0.143 e. The molecule has 0 aromatic carbocycles. The normalized spacial score (nSPS) is 14.0. The van der Waals surface area contributed by atoms with E-state index < -0.39 is 0 Å². The van der Waals surface area contributed by atoms with Gasteiger partial charge >= 0.3 is 0 Å². The minimum atomic E-state index is 0.102. The number of amidine groups is 1. The molecule has 0 fully saturated rings. The number of nitrogens with one attached hydrogen (secondary N) is 1. The van der Waals surface area contributed by atoms with E-state index in [1.807, 2.05) is 6.92 Å². The molecule has 0 aliphatic heterocycles. The first-order chi connectivity index (χ1) is 7.72. The Morgan fingerprint density at radius 1 is 1.25 bits per heavy atom. The van der Waals surface area contributed by atoms with Gasteiger partial charge in [0, 0.05) is 12.5 Å². The average Bonchev–Trinajstić information content (AvgIpc) is 2.31. The fourth-order valence-electron chi connectivity index (χ4n) is 1.55. The van der Waals surface area contributed by atoms with E-state index in [4.69, 9.17) is 10.9 Å². The summed E-state index contributed by atoms with van der Waals surface area (Å²) in [6, 6.07) is 0. The molecule has 0 radical (unpaired) electrons. The standard InChI is InChI=1S/C12H27N3O/c1-3-4-5-6-7-8-9-14-10-11(2)12(13)15-16/h11,14,16H,3-10H2,1-2H3,(H2,13,15). The predicted molar refractivity (Wildman–Crippen MR) is 68.8 cm³/mol. The molecule has 0 bridgehead atoms. The Labute approximate surface area is 99.3 Å². The first-order valence-electron chi connectivity index (χ1n) is 6.40. The molecule has 0 saturated carbocycles. The molecular weight excluding hydrogens is 202 g/mol. The second kappa shape index (κ2) is 10.7. The van der Waals surface area contributed by atoms with Crippen LogP contribution in [0.1, 0.15) is 52.4 Å². The molecule has 4 nitrogen and oxygen atoms in total. The van der Waals surface area contributed by atoms with Crippen molar-refractivity contribution < 1.29 is 5.21 Å². The van der Waals surface area contributed by atoms with Crippen LogP contribution in [0.2, 0.25) is 0 Å². The van der Waals surface area contributed by atoms with E-state index in [0.29, 0.717) is 5.84 Å². The van der Waals surface area contributed by atoms with Gasteiger partial charge in [0.05, 0.1) is 0 Å². The number of nitrogens with zero attached hydrogens (tertiary/aromatic N) is 1. The zero-order valence-corrected chi connectivity index (χ0v) is 10.7. The molecule has 0 aromatic heterocycles. The second-order valence-corrected chi connectivity index (χ2v) is 4.40. The number of nitrogens with two attached hydrogens (primary N) is 1. The first-order valence-corrected chi connectivity index (χ1v) is 6.40. The van der Waals surface area contributed by atoms with Gasteiger partial charge in [-0.25, -0.2) is 0 Å². The van der Waals surface area contributed by atoms with Crippen molar-refractivity contribution in [2.45, 2.75) is 52.4 Å². The lowest BCUT2D eigenvalue weighted by atomic mass is 10.1. The predicted octanol–water partition coefficient (Wildman–Crippen LogP) is 2.32. The summed E-state index contributed by atoms with van der Waals surface area (Å²) >= 11 is 0. The summed E-state index contributed by atoms with van der Waals surface area (Å²) < 4.78 is 0. The number of rotatable bonds is 10. The SMILES string of the molecule is CCCCCCCCNCC(C)C(N)=NO. The average molecular weight is 229 g/mol. The zero-order valence-electron chi connectivity index (χ0n) is 10.7. The van der Waals surface area contributed by atoms with Gasteiger partial charge in [0.1, 0.15) is 5.84 Å². The van der Waals surface area contributed by atoms with Gasteiger partial charge in [-0.3, -0.25) is 0 Å². The molecule has 0 aliphatic carbocycles. The fourth-order valence-corrected chi connectivity index (χ4v) is 1.55. The summed E-state index contributed by atoms with van der Waals surface area (Å²) in [4.78, 5) is 0. The summed E-state index contributed by atoms with van der Waals surface area (Å²) in [6.07, 6.45) is 7.86. The van der Waals surface area contributed by atoms with E-state index in [0.717, 1.165) is 13.1 Å². The van der Waals surface area contributed by atoms with Gasteiger partial charge in [-0.05, 0) is 13.0 Å².